The second-order valence-electron chi connectivity index (χ2n) is 5.83. The van der Waals surface area contributed by atoms with Crippen LogP contribution in [0.2, 0.25) is 10.0 Å². The zero-order valence-electron chi connectivity index (χ0n) is 14.5. The molecular weight excluding hydrogens is 407 g/mol. The van der Waals surface area contributed by atoms with E-state index in [0.717, 1.165) is 0 Å². The number of fused-ring (bicyclic) bond motifs is 1. The Hall–Kier alpha value is -2.74. The molecule has 0 saturated carbocycles. The van der Waals surface area contributed by atoms with Gasteiger partial charge in [0, 0.05) is 35.1 Å². The number of urea groups is 1. The van der Waals surface area contributed by atoms with Crippen molar-refractivity contribution >= 4 is 51.7 Å². The third-order valence-corrected chi connectivity index (χ3v) is 4.42. The van der Waals surface area contributed by atoms with Crippen LogP contribution in [0.3, 0.4) is 0 Å². The topological polar surface area (TPSA) is 115 Å². The number of nitrogens with one attached hydrogen (secondary N) is 1. The van der Waals surface area contributed by atoms with E-state index in [1.807, 2.05) is 0 Å². The lowest BCUT2D eigenvalue weighted by atomic mass is 10.1. The molecule has 4 N–H and O–H groups in total. The van der Waals surface area contributed by atoms with Crippen molar-refractivity contribution in [3.8, 4) is 5.75 Å². The molecule has 9 heteroatoms. The van der Waals surface area contributed by atoms with E-state index in [-0.39, 0.29) is 28.6 Å². The summed E-state index contributed by atoms with van der Waals surface area (Å²) < 4.78 is 11.2. The SMILES string of the molecule is NC(=O)Nc1c(C(=O)c2cc(Cl)ccc2Cl)oc2cc(OCCCO)ccc12. The fourth-order valence-electron chi connectivity index (χ4n) is 2.62. The normalized spacial score (nSPS) is 10.8. The number of ketones is 1. The number of carbonyl (C=O) groups is 2. The highest BCUT2D eigenvalue weighted by molar-refractivity contribution is 6.37. The van der Waals surface area contributed by atoms with E-state index in [9.17, 15) is 9.59 Å². The number of amides is 2. The second-order valence-corrected chi connectivity index (χ2v) is 6.68. The van der Waals surface area contributed by atoms with Gasteiger partial charge in [0.1, 0.15) is 17.0 Å². The van der Waals surface area contributed by atoms with E-state index < -0.39 is 11.8 Å². The van der Waals surface area contributed by atoms with Crippen LogP contribution in [0.4, 0.5) is 10.5 Å². The summed E-state index contributed by atoms with van der Waals surface area (Å²) in [5, 5.41) is 12.3. The summed E-state index contributed by atoms with van der Waals surface area (Å²) in [5.41, 5.74) is 5.82. The van der Waals surface area contributed by atoms with Gasteiger partial charge in [-0.3, -0.25) is 4.79 Å². The molecule has 2 amide bonds. The summed E-state index contributed by atoms with van der Waals surface area (Å²) in [4.78, 5) is 24.4. The van der Waals surface area contributed by atoms with E-state index in [2.05, 4.69) is 5.32 Å². The number of benzene rings is 2. The lowest BCUT2D eigenvalue weighted by Gasteiger charge is -2.05. The molecule has 0 spiro atoms. The van der Waals surface area contributed by atoms with Crippen LogP contribution in [0.25, 0.3) is 11.0 Å². The van der Waals surface area contributed by atoms with Crippen LogP contribution in [-0.2, 0) is 0 Å². The fourth-order valence-corrected chi connectivity index (χ4v) is 3.00. The van der Waals surface area contributed by atoms with Gasteiger partial charge in [0.05, 0.1) is 11.6 Å². The van der Waals surface area contributed by atoms with Gasteiger partial charge in [0.25, 0.3) is 0 Å². The highest BCUT2D eigenvalue weighted by atomic mass is 35.5. The molecule has 3 aromatic rings. The van der Waals surface area contributed by atoms with Crippen molar-refractivity contribution in [2.24, 2.45) is 5.73 Å². The molecule has 3 rings (SSSR count). The van der Waals surface area contributed by atoms with Crippen LogP contribution in [0.5, 0.6) is 5.75 Å². The molecule has 0 radical (unpaired) electrons. The van der Waals surface area contributed by atoms with Gasteiger partial charge in [0.2, 0.25) is 5.78 Å². The van der Waals surface area contributed by atoms with Crippen molar-refractivity contribution in [1.29, 1.82) is 0 Å². The summed E-state index contributed by atoms with van der Waals surface area (Å²) in [6.45, 7) is 0.327. The molecule has 0 aliphatic heterocycles. The minimum atomic E-state index is -0.850. The first-order chi connectivity index (χ1) is 13.4. The summed E-state index contributed by atoms with van der Waals surface area (Å²) in [6, 6.07) is 8.48. The largest absolute Gasteiger partial charge is 0.493 e. The number of hydrogen-bond donors (Lipinski definition) is 3. The zero-order valence-corrected chi connectivity index (χ0v) is 16.0. The van der Waals surface area contributed by atoms with Crippen molar-refractivity contribution in [3.05, 3.63) is 57.8 Å². The molecule has 1 aromatic heterocycles. The molecule has 1 heterocycles. The molecule has 146 valence electrons. The highest BCUT2D eigenvalue weighted by Gasteiger charge is 2.25. The van der Waals surface area contributed by atoms with Gasteiger partial charge < -0.3 is 25.3 Å². The molecule has 0 bridgehead atoms. The zero-order chi connectivity index (χ0) is 20.3. The van der Waals surface area contributed by atoms with Crippen LogP contribution in [0.1, 0.15) is 22.5 Å². The maximum absolute atomic E-state index is 13.0. The third kappa shape index (κ3) is 4.22. The monoisotopic (exact) mass is 422 g/mol. The third-order valence-electron chi connectivity index (χ3n) is 3.86. The first kappa shape index (κ1) is 20.0. The predicted molar refractivity (Wildman–Crippen MR) is 107 cm³/mol. The summed E-state index contributed by atoms with van der Waals surface area (Å²) >= 11 is 12.1. The number of anilines is 1. The van der Waals surface area contributed by atoms with Crippen LogP contribution in [0.15, 0.2) is 40.8 Å². The van der Waals surface area contributed by atoms with Gasteiger partial charge in [-0.2, -0.15) is 0 Å². The molecule has 0 unspecified atom stereocenters. The smallest absolute Gasteiger partial charge is 0.316 e. The Bertz CT molecular complexity index is 1050. The quantitative estimate of drug-likeness (QED) is 0.389. The number of hydrogen-bond acceptors (Lipinski definition) is 5. The molecule has 0 aliphatic rings. The molecular formula is C19H16Cl2N2O5. The van der Waals surface area contributed by atoms with Crippen LogP contribution >= 0.6 is 23.2 Å². The molecule has 0 saturated heterocycles. The molecule has 7 nitrogen and oxygen atoms in total. The molecule has 0 atom stereocenters. The van der Waals surface area contributed by atoms with Gasteiger partial charge >= 0.3 is 6.03 Å². The number of rotatable bonds is 7. The number of furan rings is 1. The molecule has 28 heavy (non-hydrogen) atoms. The van der Waals surface area contributed by atoms with Gasteiger partial charge in [-0.05, 0) is 30.3 Å². The molecule has 2 aromatic carbocycles. The van der Waals surface area contributed by atoms with E-state index in [4.69, 9.17) is 43.2 Å². The van der Waals surface area contributed by atoms with E-state index >= 15 is 0 Å². The Morgan fingerprint density at radius 3 is 2.68 bits per heavy atom. The van der Waals surface area contributed by atoms with Gasteiger partial charge in [-0.1, -0.05) is 23.2 Å². The number of aliphatic hydroxyl groups is 1. The van der Waals surface area contributed by atoms with Crippen molar-refractivity contribution in [2.75, 3.05) is 18.5 Å². The Balaban J connectivity index is 2.07. The van der Waals surface area contributed by atoms with Gasteiger partial charge in [0.15, 0.2) is 5.76 Å². The van der Waals surface area contributed by atoms with Crippen molar-refractivity contribution in [3.63, 3.8) is 0 Å². The summed E-state index contributed by atoms with van der Waals surface area (Å²) in [6.07, 6.45) is 0.474. The Kier molecular flexibility index (Phi) is 6.08. The lowest BCUT2D eigenvalue weighted by molar-refractivity contribution is 0.101. The van der Waals surface area contributed by atoms with Gasteiger partial charge in [-0.15, -0.1) is 0 Å². The Morgan fingerprint density at radius 1 is 1.18 bits per heavy atom. The molecule has 0 aliphatic carbocycles. The first-order valence-electron chi connectivity index (χ1n) is 8.27. The second kappa shape index (κ2) is 8.52. The summed E-state index contributed by atoms with van der Waals surface area (Å²) in [5.74, 6) is -0.208. The first-order valence-corrected chi connectivity index (χ1v) is 9.02. The summed E-state index contributed by atoms with van der Waals surface area (Å²) in [7, 11) is 0. The van der Waals surface area contributed by atoms with Crippen LogP contribution in [0, 0.1) is 0 Å². The van der Waals surface area contributed by atoms with Crippen molar-refractivity contribution in [2.45, 2.75) is 6.42 Å². The van der Waals surface area contributed by atoms with Crippen LogP contribution in [-0.4, -0.2) is 30.1 Å². The van der Waals surface area contributed by atoms with Crippen LogP contribution < -0.4 is 15.8 Å². The average Bonchev–Trinajstić information content (AvgIpc) is 3.00. The number of carbonyl (C=O) groups excluding carboxylic acids is 2. The van der Waals surface area contributed by atoms with Crippen molar-refractivity contribution in [1.82, 2.24) is 0 Å². The number of halogens is 2. The van der Waals surface area contributed by atoms with Crippen molar-refractivity contribution < 1.29 is 23.8 Å². The number of nitrogens with two attached hydrogens (primary N) is 1. The minimum absolute atomic E-state index is 0.00865. The fraction of sp³-hybridized carbons (Fsp3) is 0.158. The minimum Gasteiger partial charge on any atom is -0.493 e. The lowest BCUT2D eigenvalue weighted by Crippen LogP contribution is -2.20. The standard InChI is InChI=1S/C19H16Cl2N2O5/c20-10-2-5-14(21)13(8-10)17(25)18-16(23-19(22)26)12-4-3-11(9-15(12)28-18)27-7-1-6-24/h2-5,8-9,24H,1,6-7H2,(H3,22,23,26). The maximum atomic E-state index is 13.0. The van der Waals surface area contributed by atoms with Gasteiger partial charge in [-0.25, -0.2) is 4.79 Å². The Morgan fingerprint density at radius 2 is 1.96 bits per heavy atom. The number of ether oxygens (including phenoxy) is 1. The predicted octanol–water partition coefficient (Wildman–Crippen LogP) is 4.22. The maximum Gasteiger partial charge on any atom is 0.316 e. The highest BCUT2D eigenvalue weighted by Crippen LogP contribution is 2.36. The van der Waals surface area contributed by atoms with E-state index in [1.54, 1.807) is 24.3 Å². The Labute approximate surface area is 170 Å². The number of aliphatic hydroxyl groups excluding tert-OH is 1. The molecule has 0 fully saturated rings. The number of primary amides is 1. The van der Waals surface area contributed by atoms with E-state index in [0.29, 0.717) is 34.8 Å². The van der Waals surface area contributed by atoms with E-state index in [1.165, 1.54) is 12.1 Å². The average molecular weight is 423 g/mol.